The molecule has 2 aromatic rings. The highest BCUT2D eigenvalue weighted by atomic mass is 19.2. The van der Waals surface area contributed by atoms with Crippen molar-refractivity contribution in [3.05, 3.63) is 46.0 Å². The molecule has 0 bridgehead atoms. The number of aromatic nitrogens is 3. The zero-order valence-electron chi connectivity index (χ0n) is 10.7. The Morgan fingerprint density at radius 1 is 1.45 bits per heavy atom. The summed E-state index contributed by atoms with van der Waals surface area (Å²) in [5, 5.41) is 20.9. The van der Waals surface area contributed by atoms with Crippen LogP contribution in [0.3, 0.4) is 0 Å². The average Bonchev–Trinajstić information content (AvgIpc) is 2.81. The number of nitro benzene ring substituents is 1. The fraction of sp³-hybridized carbons (Fsp3) is 0.273. The largest absolute Gasteiger partial charge is 0.367 e. The van der Waals surface area contributed by atoms with Gasteiger partial charge in [0.25, 0.3) is 5.69 Å². The quantitative estimate of drug-likeness (QED) is 0.686. The Labute approximate surface area is 112 Å². The van der Waals surface area contributed by atoms with Crippen LogP contribution in [0.25, 0.3) is 0 Å². The van der Waals surface area contributed by atoms with Crippen LogP contribution in [0.5, 0.6) is 0 Å². The number of nitrogens with zero attached hydrogens (tertiary/aromatic N) is 4. The molecule has 0 radical (unpaired) electrons. The molecule has 0 saturated carbocycles. The van der Waals surface area contributed by atoms with E-state index in [0.29, 0.717) is 11.9 Å². The first kappa shape index (κ1) is 13.8. The van der Waals surface area contributed by atoms with E-state index >= 15 is 0 Å². The lowest BCUT2D eigenvalue weighted by molar-refractivity contribution is -0.384. The van der Waals surface area contributed by atoms with Gasteiger partial charge < -0.3 is 9.88 Å². The molecule has 1 atom stereocenters. The van der Waals surface area contributed by atoms with E-state index < -0.39 is 34.0 Å². The van der Waals surface area contributed by atoms with Gasteiger partial charge in [-0.1, -0.05) is 0 Å². The Kier molecular flexibility index (Phi) is 3.59. The lowest BCUT2D eigenvalue weighted by Gasteiger charge is -2.15. The zero-order valence-corrected chi connectivity index (χ0v) is 10.7. The summed E-state index contributed by atoms with van der Waals surface area (Å²) in [4.78, 5) is 10.1. The minimum atomic E-state index is -1.30. The van der Waals surface area contributed by atoms with E-state index in [2.05, 4.69) is 15.5 Å². The second-order valence-corrected chi connectivity index (χ2v) is 4.18. The number of benzene rings is 1. The molecule has 1 N–H and O–H groups in total. The maximum absolute atomic E-state index is 13.7. The van der Waals surface area contributed by atoms with Crippen molar-refractivity contribution in [3.8, 4) is 0 Å². The van der Waals surface area contributed by atoms with E-state index in [9.17, 15) is 18.9 Å². The maximum atomic E-state index is 13.7. The molecule has 1 heterocycles. The molecule has 0 fully saturated rings. The Morgan fingerprint density at radius 2 is 2.15 bits per heavy atom. The first-order valence-electron chi connectivity index (χ1n) is 5.64. The lowest BCUT2D eigenvalue weighted by atomic mass is 10.2. The third kappa shape index (κ3) is 2.42. The van der Waals surface area contributed by atoms with Crippen LogP contribution in [0.1, 0.15) is 18.8 Å². The summed E-state index contributed by atoms with van der Waals surface area (Å²) in [7, 11) is 1.67. The molecule has 0 saturated heterocycles. The Hall–Kier alpha value is -2.58. The van der Waals surface area contributed by atoms with Crippen molar-refractivity contribution in [2.45, 2.75) is 13.0 Å². The van der Waals surface area contributed by atoms with E-state index in [4.69, 9.17) is 0 Å². The molecule has 0 aliphatic heterocycles. The van der Waals surface area contributed by atoms with Gasteiger partial charge in [0, 0.05) is 13.1 Å². The van der Waals surface area contributed by atoms with E-state index in [1.165, 1.54) is 6.33 Å². The molecule has 20 heavy (non-hydrogen) atoms. The summed E-state index contributed by atoms with van der Waals surface area (Å²) in [5.74, 6) is -2.03. The van der Waals surface area contributed by atoms with E-state index in [1.807, 2.05) is 0 Å². The van der Waals surface area contributed by atoms with Gasteiger partial charge in [-0.2, -0.15) is 0 Å². The van der Waals surface area contributed by atoms with Crippen LogP contribution < -0.4 is 5.32 Å². The van der Waals surface area contributed by atoms with Gasteiger partial charge in [0.05, 0.1) is 11.0 Å². The van der Waals surface area contributed by atoms with Crippen molar-refractivity contribution in [1.29, 1.82) is 0 Å². The maximum Gasteiger partial charge on any atom is 0.295 e. The standard InChI is InChI=1S/C11H11F2N5O2/c1-6(11-16-14-5-17(11)2)15-10-8(18(19)20)4-3-7(12)9(10)13/h3-6,15H,1-2H3. The van der Waals surface area contributed by atoms with E-state index in [-0.39, 0.29) is 0 Å². The smallest absolute Gasteiger partial charge is 0.295 e. The Balaban J connectivity index is 2.40. The SMILES string of the molecule is CC(Nc1c([N+](=O)[O-])ccc(F)c1F)c1nncn1C. The monoisotopic (exact) mass is 283 g/mol. The van der Waals surface area contributed by atoms with Crippen molar-refractivity contribution in [3.63, 3.8) is 0 Å². The molecule has 1 aromatic heterocycles. The molecule has 9 heteroatoms. The summed E-state index contributed by atoms with van der Waals surface area (Å²) in [6.45, 7) is 1.61. The van der Waals surface area contributed by atoms with Gasteiger partial charge in [0.2, 0.25) is 0 Å². The van der Waals surface area contributed by atoms with Crippen LogP contribution in [0.4, 0.5) is 20.2 Å². The van der Waals surface area contributed by atoms with E-state index in [1.54, 1.807) is 18.5 Å². The van der Waals surface area contributed by atoms with Crippen LogP contribution in [0, 0.1) is 21.7 Å². The number of halogens is 2. The molecular formula is C11H11F2N5O2. The van der Waals surface area contributed by atoms with Crippen molar-refractivity contribution < 1.29 is 13.7 Å². The Morgan fingerprint density at radius 3 is 2.70 bits per heavy atom. The molecule has 0 aliphatic carbocycles. The molecule has 0 aliphatic rings. The van der Waals surface area contributed by atoms with Crippen LogP contribution in [-0.4, -0.2) is 19.7 Å². The van der Waals surface area contributed by atoms with Crippen LogP contribution in [0.15, 0.2) is 18.5 Å². The van der Waals surface area contributed by atoms with Gasteiger partial charge in [0.15, 0.2) is 23.1 Å². The predicted molar refractivity (Wildman–Crippen MR) is 66.1 cm³/mol. The summed E-state index contributed by atoms with van der Waals surface area (Å²) in [6, 6.07) is 1.04. The summed E-state index contributed by atoms with van der Waals surface area (Å²) < 4.78 is 28.5. The first-order chi connectivity index (χ1) is 9.41. The molecule has 0 amide bonds. The van der Waals surface area contributed by atoms with Crippen LogP contribution in [-0.2, 0) is 7.05 Å². The van der Waals surface area contributed by atoms with Crippen LogP contribution in [0.2, 0.25) is 0 Å². The molecule has 1 unspecified atom stereocenters. The van der Waals surface area contributed by atoms with Crippen molar-refractivity contribution in [1.82, 2.24) is 14.8 Å². The summed E-state index contributed by atoms with van der Waals surface area (Å²) >= 11 is 0. The summed E-state index contributed by atoms with van der Waals surface area (Å²) in [5.41, 5.74) is -1.05. The van der Waals surface area contributed by atoms with Gasteiger partial charge in [-0.3, -0.25) is 10.1 Å². The topological polar surface area (TPSA) is 85.9 Å². The third-order valence-corrected chi connectivity index (χ3v) is 2.76. The highest BCUT2D eigenvalue weighted by molar-refractivity contribution is 5.63. The first-order valence-corrected chi connectivity index (χ1v) is 5.64. The highest BCUT2D eigenvalue weighted by Crippen LogP contribution is 2.31. The van der Waals surface area contributed by atoms with Gasteiger partial charge in [0.1, 0.15) is 6.33 Å². The number of nitrogens with one attached hydrogen (secondary N) is 1. The average molecular weight is 283 g/mol. The van der Waals surface area contributed by atoms with Gasteiger partial charge in [-0.25, -0.2) is 8.78 Å². The van der Waals surface area contributed by atoms with Gasteiger partial charge in [-0.15, -0.1) is 10.2 Å². The minimum Gasteiger partial charge on any atom is -0.367 e. The number of rotatable bonds is 4. The van der Waals surface area contributed by atoms with Crippen LogP contribution >= 0.6 is 0 Å². The normalized spacial score (nSPS) is 12.2. The second-order valence-electron chi connectivity index (χ2n) is 4.18. The van der Waals surface area contributed by atoms with Gasteiger partial charge in [-0.05, 0) is 13.0 Å². The summed E-state index contributed by atoms with van der Waals surface area (Å²) in [6.07, 6.45) is 1.43. The third-order valence-electron chi connectivity index (χ3n) is 2.76. The predicted octanol–water partition coefficient (Wildman–Crippen LogP) is 2.17. The molecule has 2 rings (SSSR count). The van der Waals surface area contributed by atoms with Crippen molar-refractivity contribution in [2.75, 3.05) is 5.32 Å². The second kappa shape index (κ2) is 5.19. The number of anilines is 1. The van der Waals surface area contributed by atoms with Crippen molar-refractivity contribution in [2.24, 2.45) is 7.05 Å². The fourth-order valence-corrected chi connectivity index (χ4v) is 1.80. The molecule has 106 valence electrons. The van der Waals surface area contributed by atoms with E-state index in [0.717, 1.165) is 6.07 Å². The molecule has 1 aromatic carbocycles. The minimum absolute atomic E-state index is 0.433. The number of hydrogen-bond donors (Lipinski definition) is 1. The zero-order chi connectivity index (χ0) is 14.9. The molecule has 0 spiro atoms. The fourth-order valence-electron chi connectivity index (χ4n) is 1.80. The van der Waals surface area contributed by atoms with Gasteiger partial charge >= 0.3 is 0 Å². The highest BCUT2D eigenvalue weighted by Gasteiger charge is 2.24. The lowest BCUT2D eigenvalue weighted by Crippen LogP contribution is -2.14. The number of hydrogen-bond acceptors (Lipinski definition) is 5. The Bertz CT molecular complexity index is 658. The molecular weight excluding hydrogens is 272 g/mol. The molecule has 7 nitrogen and oxygen atoms in total. The number of nitro groups is 1. The number of aryl methyl sites for hydroxylation is 1. The van der Waals surface area contributed by atoms with Crippen molar-refractivity contribution >= 4 is 11.4 Å².